The molecule has 0 atom stereocenters. The summed E-state index contributed by atoms with van der Waals surface area (Å²) >= 11 is 0. The predicted octanol–water partition coefficient (Wildman–Crippen LogP) is 2.40. The molecule has 0 spiro atoms. The summed E-state index contributed by atoms with van der Waals surface area (Å²) in [6.45, 7) is 2.35. The van der Waals surface area contributed by atoms with Crippen LogP contribution in [0.2, 0.25) is 0 Å². The lowest BCUT2D eigenvalue weighted by atomic mass is 10.1. The molecule has 2 heterocycles. The average Bonchev–Trinajstić information content (AvgIpc) is 2.55. The number of pyridine rings is 1. The molecule has 2 aromatic rings. The molecule has 1 aromatic carbocycles. The lowest BCUT2D eigenvalue weighted by Gasteiger charge is -2.17. The van der Waals surface area contributed by atoms with Crippen molar-refractivity contribution in [2.75, 3.05) is 13.1 Å². The second kappa shape index (κ2) is 6.19. The fourth-order valence-corrected chi connectivity index (χ4v) is 2.15. The zero-order valence-electron chi connectivity index (χ0n) is 11.2. The number of benzene rings is 1. The van der Waals surface area contributed by atoms with Gasteiger partial charge >= 0.3 is 0 Å². The van der Waals surface area contributed by atoms with Crippen LogP contribution in [0.3, 0.4) is 0 Å². The first-order valence-corrected chi connectivity index (χ1v) is 6.83. The van der Waals surface area contributed by atoms with E-state index in [-0.39, 0.29) is 0 Å². The molecule has 4 nitrogen and oxygen atoms in total. The van der Waals surface area contributed by atoms with Gasteiger partial charge in [0.05, 0.1) is 5.56 Å². The summed E-state index contributed by atoms with van der Waals surface area (Å²) in [5, 5.41) is 3.33. The van der Waals surface area contributed by atoms with Gasteiger partial charge in [-0.1, -0.05) is 18.2 Å². The Labute approximate surface area is 118 Å². The fourth-order valence-electron chi connectivity index (χ4n) is 2.15. The van der Waals surface area contributed by atoms with Crippen LogP contribution in [0.4, 0.5) is 0 Å². The number of ether oxygens (including phenoxy) is 1. The van der Waals surface area contributed by atoms with E-state index in [1.165, 1.54) is 0 Å². The number of nitrogens with one attached hydrogen (secondary N) is 1. The van der Waals surface area contributed by atoms with Gasteiger partial charge in [-0.3, -0.25) is 9.98 Å². The highest BCUT2D eigenvalue weighted by Crippen LogP contribution is 2.20. The normalized spacial score (nSPS) is 14.3. The molecule has 1 N–H and O–H groups in total. The highest BCUT2D eigenvalue weighted by Gasteiger charge is 2.12. The van der Waals surface area contributed by atoms with Crippen LogP contribution < -0.4 is 10.1 Å². The Morgan fingerprint density at radius 2 is 2.10 bits per heavy atom. The van der Waals surface area contributed by atoms with Crippen molar-refractivity contribution >= 4 is 5.84 Å². The summed E-state index contributed by atoms with van der Waals surface area (Å²) in [6, 6.07) is 11.9. The Hall–Kier alpha value is -2.36. The van der Waals surface area contributed by atoms with Gasteiger partial charge in [-0.15, -0.1) is 0 Å². The van der Waals surface area contributed by atoms with Gasteiger partial charge in [0.2, 0.25) is 0 Å². The predicted molar refractivity (Wildman–Crippen MR) is 79.0 cm³/mol. The second-order valence-corrected chi connectivity index (χ2v) is 4.66. The van der Waals surface area contributed by atoms with Crippen molar-refractivity contribution in [1.29, 1.82) is 0 Å². The van der Waals surface area contributed by atoms with E-state index in [1.807, 2.05) is 42.6 Å². The zero-order valence-corrected chi connectivity index (χ0v) is 11.2. The average molecular weight is 267 g/mol. The van der Waals surface area contributed by atoms with E-state index in [9.17, 15) is 0 Å². The summed E-state index contributed by atoms with van der Waals surface area (Å²) in [5.74, 6) is 1.78. The lowest BCUT2D eigenvalue weighted by Crippen LogP contribution is -2.30. The number of hydrogen-bond donors (Lipinski definition) is 1. The zero-order chi connectivity index (χ0) is 13.6. The van der Waals surface area contributed by atoms with Crippen LogP contribution in [0.5, 0.6) is 5.75 Å². The molecule has 0 aliphatic carbocycles. The van der Waals surface area contributed by atoms with E-state index >= 15 is 0 Å². The second-order valence-electron chi connectivity index (χ2n) is 4.66. The molecule has 1 aliphatic heterocycles. The van der Waals surface area contributed by atoms with E-state index < -0.39 is 0 Å². The fraction of sp³-hybridized carbons (Fsp3) is 0.250. The Bertz CT molecular complexity index is 596. The molecule has 4 heteroatoms. The van der Waals surface area contributed by atoms with Gasteiger partial charge in [0.15, 0.2) is 0 Å². The summed E-state index contributed by atoms with van der Waals surface area (Å²) in [6.07, 6.45) is 4.67. The van der Waals surface area contributed by atoms with Crippen LogP contribution in [0.1, 0.15) is 17.5 Å². The van der Waals surface area contributed by atoms with Crippen LogP contribution in [0.15, 0.2) is 53.8 Å². The maximum Gasteiger partial charge on any atom is 0.132 e. The number of hydrogen-bond acceptors (Lipinski definition) is 4. The van der Waals surface area contributed by atoms with Gasteiger partial charge in [-0.25, -0.2) is 0 Å². The molecule has 20 heavy (non-hydrogen) atoms. The maximum absolute atomic E-state index is 5.92. The standard InChI is InChI=1S/C16H17N3O/c1-2-7-15(20-12-13-5-3-8-17-11-13)14(6-1)16-18-9-4-10-19-16/h1-3,5-8,11H,4,9-10,12H2,(H,18,19). The van der Waals surface area contributed by atoms with Crippen molar-refractivity contribution in [2.24, 2.45) is 4.99 Å². The molecule has 0 saturated heterocycles. The Morgan fingerprint density at radius 3 is 2.90 bits per heavy atom. The molecule has 102 valence electrons. The van der Waals surface area contributed by atoms with Crippen LogP contribution in [0, 0.1) is 0 Å². The van der Waals surface area contributed by atoms with Crippen molar-refractivity contribution in [3.8, 4) is 5.75 Å². The summed E-state index contributed by atoms with van der Waals surface area (Å²) in [7, 11) is 0. The lowest BCUT2D eigenvalue weighted by molar-refractivity contribution is 0.305. The van der Waals surface area contributed by atoms with Crippen molar-refractivity contribution < 1.29 is 4.74 Å². The van der Waals surface area contributed by atoms with Crippen LogP contribution >= 0.6 is 0 Å². The SMILES string of the molecule is c1cncc(COc2ccccc2C2=NCCCN2)c1. The molecular weight excluding hydrogens is 250 g/mol. The third-order valence-corrected chi connectivity index (χ3v) is 3.16. The molecule has 0 saturated carbocycles. The monoisotopic (exact) mass is 267 g/mol. The Balaban J connectivity index is 1.78. The smallest absolute Gasteiger partial charge is 0.132 e. The van der Waals surface area contributed by atoms with Gasteiger partial charge in [0, 0.05) is 31.0 Å². The molecule has 0 unspecified atom stereocenters. The molecule has 0 radical (unpaired) electrons. The number of para-hydroxylation sites is 1. The number of aromatic nitrogens is 1. The van der Waals surface area contributed by atoms with Crippen molar-refractivity contribution in [3.63, 3.8) is 0 Å². The Morgan fingerprint density at radius 1 is 1.15 bits per heavy atom. The van der Waals surface area contributed by atoms with E-state index in [4.69, 9.17) is 4.74 Å². The van der Waals surface area contributed by atoms with Gasteiger partial charge < -0.3 is 10.1 Å². The molecule has 3 rings (SSSR count). The Kier molecular flexibility index (Phi) is 3.92. The van der Waals surface area contributed by atoms with E-state index in [2.05, 4.69) is 15.3 Å². The third-order valence-electron chi connectivity index (χ3n) is 3.16. The van der Waals surface area contributed by atoms with Crippen molar-refractivity contribution in [3.05, 3.63) is 59.9 Å². The largest absolute Gasteiger partial charge is 0.488 e. The number of amidine groups is 1. The minimum absolute atomic E-state index is 0.512. The minimum atomic E-state index is 0.512. The number of rotatable bonds is 4. The topological polar surface area (TPSA) is 46.5 Å². The molecule has 1 aliphatic rings. The van der Waals surface area contributed by atoms with Gasteiger partial charge in [0.25, 0.3) is 0 Å². The first-order valence-electron chi connectivity index (χ1n) is 6.83. The van der Waals surface area contributed by atoms with E-state index in [1.54, 1.807) is 6.20 Å². The van der Waals surface area contributed by atoms with Crippen LogP contribution in [-0.2, 0) is 6.61 Å². The van der Waals surface area contributed by atoms with Crippen LogP contribution in [-0.4, -0.2) is 23.9 Å². The quantitative estimate of drug-likeness (QED) is 0.925. The highest BCUT2D eigenvalue weighted by molar-refractivity contribution is 6.01. The highest BCUT2D eigenvalue weighted by atomic mass is 16.5. The maximum atomic E-state index is 5.92. The molecule has 0 bridgehead atoms. The first-order chi connectivity index (χ1) is 9.93. The third kappa shape index (κ3) is 2.96. The number of aliphatic imine (C=N–C) groups is 1. The first kappa shape index (κ1) is 12.7. The molecule has 0 fully saturated rings. The van der Waals surface area contributed by atoms with Crippen molar-refractivity contribution in [2.45, 2.75) is 13.0 Å². The van der Waals surface area contributed by atoms with Gasteiger partial charge in [0.1, 0.15) is 18.2 Å². The summed E-state index contributed by atoms with van der Waals surface area (Å²) < 4.78 is 5.92. The van der Waals surface area contributed by atoms with Gasteiger partial charge in [-0.05, 0) is 24.6 Å². The van der Waals surface area contributed by atoms with Gasteiger partial charge in [-0.2, -0.15) is 0 Å². The van der Waals surface area contributed by atoms with E-state index in [0.717, 1.165) is 42.2 Å². The number of nitrogens with zero attached hydrogens (tertiary/aromatic N) is 2. The van der Waals surface area contributed by atoms with Crippen molar-refractivity contribution in [1.82, 2.24) is 10.3 Å². The molecule has 1 aromatic heterocycles. The molecule has 0 amide bonds. The summed E-state index contributed by atoms with van der Waals surface area (Å²) in [5.41, 5.74) is 2.08. The molecular formula is C16H17N3O. The minimum Gasteiger partial charge on any atom is -0.488 e. The van der Waals surface area contributed by atoms with Crippen LogP contribution in [0.25, 0.3) is 0 Å². The van der Waals surface area contributed by atoms with E-state index in [0.29, 0.717) is 6.61 Å². The summed E-state index contributed by atoms with van der Waals surface area (Å²) in [4.78, 5) is 8.62.